The van der Waals surface area contributed by atoms with Gasteiger partial charge in [-0.2, -0.15) is 0 Å². The number of esters is 2. The Morgan fingerprint density at radius 2 is 1.80 bits per heavy atom. The highest BCUT2D eigenvalue weighted by molar-refractivity contribution is 7.92. The van der Waals surface area contributed by atoms with Crippen LogP contribution in [0.15, 0.2) is 58.0 Å². The maximum atomic E-state index is 13.4. The van der Waals surface area contributed by atoms with Gasteiger partial charge in [0.05, 0.1) is 35.1 Å². The SMILES string of the molecule is C[C@H](COC(=O)C[S+]([O-])CCOC(=O)c1cc(S(N)(=O)=O)c(Cl)cc1NCc1ccco1)N[C@H](C)C(=O)c1cc(F)cc(F)c1. The molecule has 3 atom stereocenters. The maximum absolute atomic E-state index is 13.4. The summed E-state index contributed by atoms with van der Waals surface area (Å²) >= 11 is 4.26. The van der Waals surface area contributed by atoms with Crippen molar-refractivity contribution in [2.24, 2.45) is 5.14 Å². The number of ether oxygens (including phenoxy) is 2. The number of anilines is 1. The monoisotopic (exact) mass is 689 g/mol. The second-order valence-corrected chi connectivity index (χ2v) is 13.2. The quantitative estimate of drug-likeness (QED) is 0.114. The van der Waals surface area contributed by atoms with Crippen LogP contribution in [0.1, 0.15) is 40.3 Å². The highest BCUT2D eigenvalue weighted by Crippen LogP contribution is 2.29. The lowest BCUT2D eigenvalue weighted by Gasteiger charge is -2.19. The summed E-state index contributed by atoms with van der Waals surface area (Å²) < 4.78 is 78.6. The molecule has 0 aliphatic carbocycles. The van der Waals surface area contributed by atoms with E-state index in [-0.39, 0.29) is 47.3 Å². The Kier molecular flexibility index (Phi) is 12.9. The highest BCUT2D eigenvalue weighted by Gasteiger charge is 2.24. The molecule has 4 N–H and O–H groups in total. The molecule has 45 heavy (non-hydrogen) atoms. The van der Waals surface area contributed by atoms with Gasteiger partial charge in [-0.05, 0) is 61.4 Å². The van der Waals surface area contributed by atoms with Gasteiger partial charge >= 0.3 is 11.9 Å². The standard InChI is InChI=1S/C28H30ClF2N3O9S2/c1-16(34-17(2)27(36)18-8-19(30)10-20(31)9-18)14-43-26(35)15-44(38)7-6-42-28(37)22-11-25(45(32,39)40)23(29)12-24(22)33-13-21-4-3-5-41-21/h3-5,8-12,16-17,33-34H,6-7,13-15H2,1-2H3,(H2,32,39,40)/t16-,17-,44?/m1/s1. The summed E-state index contributed by atoms with van der Waals surface area (Å²) in [5, 5.41) is 10.7. The van der Waals surface area contributed by atoms with Crippen LogP contribution in [-0.2, 0) is 42.0 Å². The van der Waals surface area contributed by atoms with E-state index in [1.54, 1.807) is 19.1 Å². The van der Waals surface area contributed by atoms with Crippen molar-refractivity contribution in [3.05, 3.63) is 82.3 Å². The summed E-state index contributed by atoms with van der Waals surface area (Å²) in [4.78, 5) is 37.0. The lowest BCUT2D eigenvalue weighted by molar-refractivity contribution is -0.141. The Bertz CT molecular complexity index is 1610. The van der Waals surface area contributed by atoms with Gasteiger partial charge in [-0.1, -0.05) is 11.6 Å². The van der Waals surface area contributed by atoms with Crippen molar-refractivity contribution in [3.63, 3.8) is 0 Å². The third-order valence-corrected chi connectivity index (χ3v) is 8.58. The molecule has 3 aromatic rings. The smallest absolute Gasteiger partial charge is 0.356 e. The zero-order chi connectivity index (χ0) is 33.3. The first kappa shape index (κ1) is 35.9. The first-order chi connectivity index (χ1) is 21.1. The van der Waals surface area contributed by atoms with Crippen LogP contribution < -0.4 is 15.8 Å². The Labute approximate surface area is 265 Å². The summed E-state index contributed by atoms with van der Waals surface area (Å²) in [6.07, 6.45) is 1.45. The molecule has 12 nitrogen and oxygen atoms in total. The molecule has 0 radical (unpaired) electrons. The predicted molar refractivity (Wildman–Crippen MR) is 161 cm³/mol. The van der Waals surface area contributed by atoms with Crippen LogP contribution in [0.5, 0.6) is 0 Å². The molecule has 1 aromatic heterocycles. The first-order valence-corrected chi connectivity index (χ1v) is 16.6. The van der Waals surface area contributed by atoms with Gasteiger partial charge < -0.3 is 29.1 Å². The van der Waals surface area contributed by atoms with Crippen molar-refractivity contribution in [2.45, 2.75) is 37.4 Å². The average Bonchev–Trinajstić information content (AvgIpc) is 3.47. The van der Waals surface area contributed by atoms with Crippen LogP contribution in [0.25, 0.3) is 0 Å². The number of carbonyl (C=O) groups excluding carboxylic acids is 3. The fraction of sp³-hybridized carbons (Fsp3) is 0.321. The molecule has 0 bridgehead atoms. The molecular weight excluding hydrogens is 660 g/mol. The number of primary sulfonamides is 1. The van der Waals surface area contributed by atoms with Crippen molar-refractivity contribution in [3.8, 4) is 0 Å². The Morgan fingerprint density at radius 1 is 1.11 bits per heavy atom. The Balaban J connectivity index is 1.48. The minimum absolute atomic E-state index is 0.125. The maximum Gasteiger partial charge on any atom is 0.356 e. The summed E-state index contributed by atoms with van der Waals surface area (Å²) in [6, 6.07) is 6.55. The lowest BCUT2D eigenvalue weighted by Crippen LogP contribution is -2.42. The fourth-order valence-corrected chi connectivity index (χ4v) is 5.81. The second-order valence-electron chi connectivity index (χ2n) is 9.73. The fourth-order valence-electron chi connectivity index (χ4n) is 3.95. The number of hydrogen-bond donors (Lipinski definition) is 3. The average molecular weight is 690 g/mol. The van der Waals surface area contributed by atoms with Crippen LogP contribution in [0.2, 0.25) is 5.02 Å². The number of rotatable bonds is 16. The van der Waals surface area contributed by atoms with Crippen molar-refractivity contribution in [1.82, 2.24) is 5.32 Å². The number of ketones is 1. The van der Waals surface area contributed by atoms with Crippen molar-refractivity contribution in [2.75, 3.05) is 30.0 Å². The second kappa shape index (κ2) is 16.1. The van der Waals surface area contributed by atoms with Crippen LogP contribution in [-0.4, -0.2) is 67.5 Å². The Morgan fingerprint density at radius 3 is 2.42 bits per heavy atom. The van der Waals surface area contributed by atoms with E-state index >= 15 is 0 Å². The van der Waals surface area contributed by atoms with E-state index in [0.29, 0.717) is 11.8 Å². The van der Waals surface area contributed by atoms with Gasteiger partial charge in [0.1, 0.15) is 41.3 Å². The summed E-state index contributed by atoms with van der Waals surface area (Å²) in [7, 11) is -4.29. The molecule has 244 valence electrons. The van der Waals surface area contributed by atoms with E-state index in [2.05, 4.69) is 10.6 Å². The zero-order valence-electron chi connectivity index (χ0n) is 24.0. The van der Waals surface area contributed by atoms with Gasteiger partial charge in [-0.3, -0.25) is 4.79 Å². The molecule has 0 aliphatic rings. The van der Waals surface area contributed by atoms with E-state index in [0.717, 1.165) is 18.2 Å². The van der Waals surface area contributed by atoms with Gasteiger partial charge in [0, 0.05) is 17.7 Å². The molecule has 17 heteroatoms. The number of halogens is 3. The lowest BCUT2D eigenvalue weighted by atomic mass is 10.0. The number of nitrogens with one attached hydrogen (secondary N) is 2. The molecule has 0 aliphatic heterocycles. The summed E-state index contributed by atoms with van der Waals surface area (Å²) in [5.41, 5.74) is -0.243. The minimum Gasteiger partial charge on any atom is -0.616 e. The molecule has 1 heterocycles. The number of Topliss-reactive ketones (excluding diaryl/α,β-unsaturated/α-hetero) is 1. The molecule has 0 amide bonds. The van der Waals surface area contributed by atoms with Crippen LogP contribution >= 0.6 is 11.6 Å². The van der Waals surface area contributed by atoms with Gasteiger partial charge in [-0.15, -0.1) is 0 Å². The number of furan rings is 1. The molecule has 0 spiro atoms. The van der Waals surface area contributed by atoms with E-state index in [1.807, 2.05) is 0 Å². The number of nitrogens with two attached hydrogens (primary N) is 1. The third-order valence-electron chi connectivity index (χ3n) is 6.02. The molecule has 1 unspecified atom stereocenters. The third kappa shape index (κ3) is 11.1. The van der Waals surface area contributed by atoms with Crippen molar-refractivity contribution < 1.29 is 50.0 Å². The van der Waals surface area contributed by atoms with Gasteiger partial charge in [0.2, 0.25) is 15.8 Å². The molecule has 3 rings (SSSR count). The minimum atomic E-state index is -4.29. The van der Waals surface area contributed by atoms with E-state index in [1.165, 1.54) is 19.3 Å². The van der Waals surface area contributed by atoms with Crippen LogP contribution in [0, 0.1) is 11.6 Å². The zero-order valence-corrected chi connectivity index (χ0v) is 26.4. The van der Waals surface area contributed by atoms with E-state index in [4.69, 9.17) is 30.6 Å². The van der Waals surface area contributed by atoms with Crippen LogP contribution in [0.4, 0.5) is 14.5 Å². The molecule has 0 fully saturated rings. The highest BCUT2D eigenvalue weighted by atomic mass is 35.5. The molecular formula is C28H30ClF2N3O9S2. The Hall–Kier alpha value is -3.54. The van der Waals surface area contributed by atoms with Gasteiger partial charge in [0.15, 0.2) is 5.78 Å². The number of benzene rings is 2. The van der Waals surface area contributed by atoms with Gasteiger partial charge in [-0.25, -0.2) is 31.9 Å². The summed E-state index contributed by atoms with van der Waals surface area (Å²) in [6.45, 7) is 2.63. The van der Waals surface area contributed by atoms with E-state index in [9.17, 15) is 36.1 Å². The summed E-state index contributed by atoms with van der Waals surface area (Å²) in [5.74, 6) is -4.39. The van der Waals surface area contributed by atoms with Crippen molar-refractivity contribution in [1.29, 1.82) is 0 Å². The predicted octanol–water partition coefficient (Wildman–Crippen LogP) is 3.17. The number of hydrogen-bond acceptors (Lipinski definition) is 11. The van der Waals surface area contributed by atoms with Crippen LogP contribution in [0.3, 0.4) is 0 Å². The van der Waals surface area contributed by atoms with E-state index < -0.39 is 73.3 Å². The molecule has 0 saturated heterocycles. The molecule has 0 saturated carbocycles. The number of carbonyl (C=O) groups is 3. The normalized spacial score (nSPS) is 13.5. The number of sulfonamides is 1. The van der Waals surface area contributed by atoms with Crippen molar-refractivity contribution >= 4 is 56.2 Å². The van der Waals surface area contributed by atoms with Gasteiger partial charge in [0.25, 0.3) is 0 Å². The largest absolute Gasteiger partial charge is 0.616 e. The topological polar surface area (TPSA) is 190 Å². The first-order valence-electron chi connectivity index (χ1n) is 13.2. The molecule has 2 aromatic carbocycles.